The van der Waals surface area contributed by atoms with Crippen LogP contribution in [-0.4, -0.2) is 14.2 Å². The normalized spacial score (nSPS) is 12.3. The van der Waals surface area contributed by atoms with Crippen molar-refractivity contribution in [3.8, 4) is 5.75 Å². The zero-order valence-electron chi connectivity index (χ0n) is 12.0. The van der Waals surface area contributed by atoms with E-state index < -0.39 is 11.6 Å². The topological polar surface area (TPSA) is 21.3 Å². The Balaban J connectivity index is 2.52. The Hall–Kier alpha value is -1.65. The summed E-state index contributed by atoms with van der Waals surface area (Å²) in [5.74, 6) is -1.15. The summed E-state index contributed by atoms with van der Waals surface area (Å²) in [4.78, 5) is 0. The number of hydrogen-bond donors (Lipinski definition) is 1. The maximum atomic E-state index is 13.5. The summed E-state index contributed by atoms with van der Waals surface area (Å²) in [6.07, 6.45) is 0. The minimum absolute atomic E-state index is 0.174. The largest absolute Gasteiger partial charge is 0.496 e. The second-order valence-electron chi connectivity index (χ2n) is 4.74. The molecule has 21 heavy (non-hydrogen) atoms. The van der Waals surface area contributed by atoms with Crippen LogP contribution >= 0.6 is 11.6 Å². The van der Waals surface area contributed by atoms with Gasteiger partial charge in [0, 0.05) is 5.02 Å². The van der Waals surface area contributed by atoms with Crippen molar-refractivity contribution in [1.29, 1.82) is 0 Å². The molecule has 0 aliphatic carbocycles. The molecule has 0 radical (unpaired) electrons. The minimum Gasteiger partial charge on any atom is -0.496 e. The molecule has 0 saturated carbocycles. The Morgan fingerprint density at radius 1 is 1.14 bits per heavy atom. The number of ether oxygens (including phenoxy) is 1. The SMILES string of the molecule is CNC(c1ccc(C)c(OC)c1)c1cc(F)c(F)cc1Cl. The fourth-order valence-electron chi connectivity index (χ4n) is 2.28. The summed E-state index contributed by atoms with van der Waals surface area (Å²) in [6, 6.07) is 7.41. The second-order valence-corrected chi connectivity index (χ2v) is 5.15. The standard InChI is InChI=1S/C16H16ClF2NO/c1-9-4-5-10(6-15(9)21-3)16(20-2)11-7-13(18)14(19)8-12(11)17/h4-8,16,20H,1-3H3. The predicted octanol–water partition coefficient (Wildman–Crippen LogP) is 4.24. The van der Waals surface area contributed by atoms with Crippen molar-refractivity contribution < 1.29 is 13.5 Å². The molecule has 1 N–H and O–H groups in total. The lowest BCUT2D eigenvalue weighted by molar-refractivity contribution is 0.410. The summed E-state index contributed by atoms with van der Waals surface area (Å²) in [6.45, 7) is 1.93. The third-order valence-corrected chi connectivity index (χ3v) is 3.73. The first-order valence-corrected chi connectivity index (χ1v) is 6.82. The minimum atomic E-state index is -0.958. The van der Waals surface area contributed by atoms with Crippen molar-refractivity contribution in [2.45, 2.75) is 13.0 Å². The molecule has 0 bridgehead atoms. The molecule has 0 saturated heterocycles. The third kappa shape index (κ3) is 3.17. The maximum Gasteiger partial charge on any atom is 0.160 e. The molecule has 112 valence electrons. The first-order chi connectivity index (χ1) is 9.97. The van der Waals surface area contributed by atoms with Crippen LogP contribution < -0.4 is 10.1 Å². The van der Waals surface area contributed by atoms with Gasteiger partial charge in [-0.1, -0.05) is 23.7 Å². The fraction of sp³-hybridized carbons (Fsp3) is 0.250. The Labute approximate surface area is 127 Å². The molecule has 2 nitrogen and oxygen atoms in total. The molecule has 0 fully saturated rings. The Kier molecular flexibility index (Phi) is 4.80. The maximum absolute atomic E-state index is 13.5. The zero-order chi connectivity index (χ0) is 15.6. The molecule has 0 aromatic heterocycles. The fourth-order valence-corrected chi connectivity index (χ4v) is 2.54. The van der Waals surface area contributed by atoms with Gasteiger partial charge in [-0.2, -0.15) is 0 Å². The monoisotopic (exact) mass is 311 g/mol. The number of methoxy groups -OCH3 is 1. The van der Waals surface area contributed by atoms with Gasteiger partial charge in [-0.25, -0.2) is 8.78 Å². The van der Waals surface area contributed by atoms with E-state index in [0.717, 1.165) is 29.0 Å². The highest BCUT2D eigenvalue weighted by Gasteiger charge is 2.19. The van der Waals surface area contributed by atoms with Gasteiger partial charge in [-0.15, -0.1) is 0 Å². The van der Waals surface area contributed by atoms with E-state index in [9.17, 15) is 8.78 Å². The molecule has 0 amide bonds. The highest BCUT2D eigenvalue weighted by molar-refractivity contribution is 6.31. The predicted molar refractivity (Wildman–Crippen MR) is 80.0 cm³/mol. The van der Waals surface area contributed by atoms with Crippen LogP contribution in [0.25, 0.3) is 0 Å². The van der Waals surface area contributed by atoms with Gasteiger partial charge >= 0.3 is 0 Å². The Morgan fingerprint density at radius 3 is 2.43 bits per heavy atom. The molecule has 2 aromatic rings. The van der Waals surface area contributed by atoms with Crippen LogP contribution in [0.15, 0.2) is 30.3 Å². The number of aryl methyl sites for hydroxylation is 1. The van der Waals surface area contributed by atoms with E-state index in [0.29, 0.717) is 5.56 Å². The van der Waals surface area contributed by atoms with Crippen LogP contribution in [0.1, 0.15) is 22.7 Å². The lowest BCUT2D eigenvalue weighted by atomic mass is 9.97. The first-order valence-electron chi connectivity index (χ1n) is 6.44. The van der Waals surface area contributed by atoms with E-state index in [4.69, 9.17) is 16.3 Å². The van der Waals surface area contributed by atoms with E-state index >= 15 is 0 Å². The number of nitrogens with one attached hydrogen (secondary N) is 1. The first kappa shape index (κ1) is 15.7. The molecule has 0 aliphatic rings. The van der Waals surface area contributed by atoms with E-state index in [-0.39, 0.29) is 11.1 Å². The van der Waals surface area contributed by atoms with Crippen LogP contribution in [0.5, 0.6) is 5.75 Å². The van der Waals surface area contributed by atoms with Crippen LogP contribution in [0.2, 0.25) is 5.02 Å². The Morgan fingerprint density at radius 2 is 1.81 bits per heavy atom. The van der Waals surface area contributed by atoms with Crippen molar-refractivity contribution in [2.24, 2.45) is 0 Å². The van der Waals surface area contributed by atoms with E-state index in [1.807, 2.05) is 25.1 Å². The van der Waals surface area contributed by atoms with E-state index in [1.165, 1.54) is 0 Å². The average Bonchev–Trinajstić information content (AvgIpc) is 2.46. The smallest absolute Gasteiger partial charge is 0.160 e. The summed E-state index contributed by atoms with van der Waals surface area (Å²) >= 11 is 6.05. The highest BCUT2D eigenvalue weighted by Crippen LogP contribution is 2.32. The van der Waals surface area contributed by atoms with Gasteiger partial charge in [0.25, 0.3) is 0 Å². The number of rotatable bonds is 4. The van der Waals surface area contributed by atoms with Crippen LogP contribution in [0.3, 0.4) is 0 Å². The van der Waals surface area contributed by atoms with Crippen molar-refractivity contribution >= 4 is 11.6 Å². The summed E-state index contributed by atoms with van der Waals surface area (Å²) in [7, 11) is 3.32. The quantitative estimate of drug-likeness (QED) is 0.853. The van der Waals surface area contributed by atoms with Gasteiger partial charge in [0.2, 0.25) is 0 Å². The molecule has 0 heterocycles. The van der Waals surface area contributed by atoms with Crippen LogP contribution in [0.4, 0.5) is 8.78 Å². The zero-order valence-corrected chi connectivity index (χ0v) is 12.8. The molecular weight excluding hydrogens is 296 g/mol. The van der Waals surface area contributed by atoms with Gasteiger partial charge in [0.1, 0.15) is 5.75 Å². The molecule has 1 unspecified atom stereocenters. The molecule has 2 aromatic carbocycles. The van der Waals surface area contributed by atoms with E-state index in [1.54, 1.807) is 14.2 Å². The summed E-state index contributed by atoms with van der Waals surface area (Å²) in [5.41, 5.74) is 2.32. The molecule has 0 aliphatic heterocycles. The van der Waals surface area contributed by atoms with Crippen molar-refractivity contribution in [3.05, 3.63) is 63.7 Å². The molecular formula is C16H16ClF2NO. The second kappa shape index (κ2) is 6.41. The lowest BCUT2D eigenvalue weighted by Crippen LogP contribution is -2.18. The number of benzene rings is 2. The molecule has 0 spiro atoms. The average molecular weight is 312 g/mol. The van der Waals surface area contributed by atoms with Gasteiger partial charge < -0.3 is 10.1 Å². The molecule has 1 atom stereocenters. The molecule has 5 heteroatoms. The van der Waals surface area contributed by atoms with Gasteiger partial charge in [-0.3, -0.25) is 0 Å². The third-order valence-electron chi connectivity index (χ3n) is 3.40. The van der Waals surface area contributed by atoms with Crippen LogP contribution in [-0.2, 0) is 0 Å². The lowest BCUT2D eigenvalue weighted by Gasteiger charge is -2.20. The number of hydrogen-bond acceptors (Lipinski definition) is 2. The van der Waals surface area contributed by atoms with E-state index in [2.05, 4.69) is 5.32 Å². The van der Waals surface area contributed by atoms with Crippen LogP contribution in [0, 0.1) is 18.6 Å². The number of halogens is 3. The van der Waals surface area contributed by atoms with Gasteiger partial charge in [0.05, 0.1) is 13.2 Å². The highest BCUT2D eigenvalue weighted by atomic mass is 35.5. The van der Waals surface area contributed by atoms with Crippen molar-refractivity contribution in [2.75, 3.05) is 14.2 Å². The summed E-state index contributed by atoms with van der Waals surface area (Å²) in [5, 5.41) is 3.24. The van der Waals surface area contributed by atoms with Crippen molar-refractivity contribution in [1.82, 2.24) is 5.32 Å². The Bertz CT molecular complexity index is 661. The molecule has 2 rings (SSSR count). The van der Waals surface area contributed by atoms with Gasteiger partial charge in [0.15, 0.2) is 11.6 Å². The summed E-state index contributed by atoms with van der Waals surface area (Å²) < 4.78 is 32.0. The van der Waals surface area contributed by atoms with Crippen molar-refractivity contribution in [3.63, 3.8) is 0 Å². The van der Waals surface area contributed by atoms with Gasteiger partial charge in [-0.05, 0) is 48.9 Å².